The molecule has 0 bridgehead atoms. The summed E-state index contributed by atoms with van der Waals surface area (Å²) in [7, 11) is 0. The zero-order valence-corrected chi connectivity index (χ0v) is 12.6. The standard InChI is InChI=1S/C16H20N2O3/c1-12(21-14-7-5-4-6-13(14)10-17)15(19)18-8-9-20-16(2,3)11-18/h4-7,12H,8-9,11H2,1-3H3. The van der Waals surface area contributed by atoms with Crippen LogP contribution in [0.3, 0.4) is 0 Å². The summed E-state index contributed by atoms with van der Waals surface area (Å²) in [4.78, 5) is 14.2. The van der Waals surface area contributed by atoms with Gasteiger partial charge in [0.1, 0.15) is 11.8 Å². The zero-order valence-electron chi connectivity index (χ0n) is 12.6. The molecule has 0 spiro atoms. The van der Waals surface area contributed by atoms with E-state index in [2.05, 4.69) is 6.07 Å². The second-order valence-corrected chi connectivity index (χ2v) is 5.74. The van der Waals surface area contributed by atoms with Gasteiger partial charge in [-0.2, -0.15) is 5.26 Å². The maximum Gasteiger partial charge on any atom is 0.263 e. The molecule has 1 fully saturated rings. The Morgan fingerprint density at radius 1 is 1.48 bits per heavy atom. The minimum Gasteiger partial charge on any atom is -0.480 e. The normalized spacial score (nSPS) is 18.7. The monoisotopic (exact) mass is 288 g/mol. The van der Waals surface area contributed by atoms with Crippen LogP contribution in [0, 0.1) is 11.3 Å². The molecule has 1 aliphatic heterocycles. The summed E-state index contributed by atoms with van der Waals surface area (Å²) in [5.74, 6) is 0.354. The smallest absolute Gasteiger partial charge is 0.263 e. The van der Waals surface area contributed by atoms with Crippen LogP contribution < -0.4 is 4.74 Å². The highest BCUT2D eigenvalue weighted by atomic mass is 16.5. The molecule has 1 aromatic carbocycles. The van der Waals surface area contributed by atoms with E-state index in [0.29, 0.717) is 31.0 Å². The van der Waals surface area contributed by atoms with E-state index < -0.39 is 6.10 Å². The van der Waals surface area contributed by atoms with Gasteiger partial charge in [0, 0.05) is 13.1 Å². The minimum absolute atomic E-state index is 0.0842. The SMILES string of the molecule is CC(Oc1ccccc1C#N)C(=O)N1CCOC(C)(C)C1. The second-order valence-electron chi connectivity index (χ2n) is 5.74. The summed E-state index contributed by atoms with van der Waals surface area (Å²) < 4.78 is 11.3. The van der Waals surface area contributed by atoms with Gasteiger partial charge in [-0.05, 0) is 32.9 Å². The van der Waals surface area contributed by atoms with Gasteiger partial charge in [-0.3, -0.25) is 4.79 Å². The van der Waals surface area contributed by atoms with E-state index in [0.717, 1.165) is 0 Å². The number of rotatable bonds is 3. The van der Waals surface area contributed by atoms with Gasteiger partial charge < -0.3 is 14.4 Å². The lowest BCUT2D eigenvalue weighted by atomic mass is 10.1. The van der Waals surface area contributed by atoms with Crippen molar-refractivity contribution in [3.63, 3.8) is 0 Å². The summed E-state index contributed by atoms with van der Waals surface area (Å²) in [6, 6.07) is 8.98. The maximum atomic E-state index is 12.5. The van der Waals surface area contributed by atoms with Gasteiger partial charge in [0.05, 0.1) is 17.8 Å². The molecule has 5 nitrogen and oxygen atoms in total. The van der Waals surface area contributed by atoms with Crippen LogP contribution in [-0.2, 0) is 9.53 Å². The molecule has 112 valence electrons. The molecule has 0 aromatic heterocycles. The number of nitrogens with zero attached hydrogens (tertiary/aromatic N) is 2. The van der Waals surface area contributed by atoms with Crippen molar-refractivity contribution >= 4 is 5.91 Å². The number of carbonyl (C=O) groups is 1. The fourth-order valence-corrected chi connectivity index (χ4v) is 2.36. The lowest BCUT2D eigenvalue weighted by Gasteiger charge is -2.39. The lowest BCUT2D eigenvalue weighted by Crippen LogP contribution is -2.53. The van der Waals surface area contributed by atoms with Gasteiger partial charge >= 0.3 is 0 Å². The summed E-state index contributed by atoms with van der Waals surface area (Å²) in [5, 5.41) is 9.05. The van der Waals surface area contributed by atoms with Crippen LogP contribution in [0.25, 0.3) is 0 Å². The number of hydrogen-bond acceptors (Lipinski definition) is 4. The topological polar surface area (TPSA) is 62.6 Å². The Morgan fingerprint density at radius 3 is 2.86 bits per heavy atom. The van der Waals surface area contributed by atoms with Crippen molar-refractivity contribution in [1.29, 1.82) is 5.26 Å². The second kappa shape index (κ2) is 6.15. The molecule has 1 atom stereocenters. The van der Waals surface area contributed by atoms with Gasteiger partial charge in [-0.1, -0.05) is 12.1 Å². The average Bonchev–Trinajstić information content (AvgIpc) is 2.46. The molecule has 1 amide bonds. The van der Waals surface area contributed by atoms with E-state index in [1.54, 1.807) is 36.1 Å². The van der Waals surface area contributed by atoms with Crippen LogP contribution in [0.15, 0.2) is 24.3 Å². The van der Waals surface area contributed by atoms with Gasteiger partial charge in [-0.25, -0.2) is 0 Å². The lowest BCUT2D eigenvalue weighted by molar-refractivity contribution is -0.152. The van der Waals surface area contributed by atoms with Gasteiger partial charge in [-0.15, -0.1) is 0 Å². The minimum atomic E-state index is -0.631. The van der Waals surface area contributed by atoms with E-state index >= 15 is 0 Å². The molecule has 1 aliphatic rings. The number of benzene rings is 1. The summed E-state index contributed by atoms with van der Waals surface area (Å²) in [6.07, 6.45) is -0.631. The van der Waals surface area contributed by atoms with Crippen molar-refractivity contribution in [3.8, 4) is 11.8 Å². The fraction of sp³-hybridized carbons (Fsp3) is 0.500. The highest BCUT2D eigenvalue weighted by Crippen LogP contribution is 2.21. The van der Waals surface area contributed by atoms with Crippen molar-refractivity contribution in [2.24, 2.45) is 0 Å². The van der Waals surface area contributed by atoms with Crippen LogP contribution in [0.2, 0.25) is 0 Å². The number of carbonyl (C=O) groups excluding carboxylic acids is 1. The first-order chi connectivity index (χ1) is 9.93. The van der Waals surface area contributed by atoms with E-state index in [4.69, 9.17) is 14.7 Å². The van der Waals surface area contributed by atoms with Gasteiger partial charge in [0.25, 0.3) is 5.91 Å². The first-order valence-electron chi connectivity index (χ1n) is 7.01. The molecule has 1 saturated heterocycles. The number of morpholine rings is 1. The molecule has 1 aromatic rings. The van der Waals surface area contributed by atoms with Crippen molar-refractivity contribution in [1.82, 2.24) is 4.90 Å². The zero-order chi connectivity index (χ0) is 15.5. The maximum absolute atomic E-state index is 12.5. The van der Waals surface area contributed by atoms with Crippen molar-refractivity contribution in [2.75, 3.05) is 19.7 Å². The molecule has 1 heterocycles. The van der Waals surface area contributed by atoms with Crippen LogP contribution in [0.1, 0.15) is 26.3 Å². The highest BCUT2D eigenvalue weighted by molar-refractivity contribution is 5.81. The van der Waals surface area contributed by atoms with E-state index in [-0.39, 0.29) is 11.5 Å². The molecule has 0 N–H and O–H groups in total. The molecule has 1 unspecified atom stereocenters. The first kappa shape index (κ1) is 15.3. The summed E-state index contributed by atoms with van der Waals surface area (Å²) >= 11 is 0. The Kier molecular flexibility index (Phi) is 4.49. The van der Waals surface area contributed by atoms with E-state index in [1.807, 2.05) is 13.8 Å². The molecular formula is C16H20N2O3. The third-order valence-corrected chi connectivity index (χ3v) is 3.40. The van der Waals surface area contributed by atoms with E-state index in [1.165, 1.54) is 0 Å². The number of hydrogen-bond donors (Lipinski definition) is 0. The Bertz CT molecular complexity index is 563. The van der Waals surface area contributed by atoms with Crippen LogP contribution >= 0.6 is 0 Å². The van der Waals surface area contributed by atoms with Crippen LogP contribution in [0.5, 0.6) is 5.75 Å². The molecule has 0 radical (unpaired) electrons. The fourth-order valence-electron chi connectivity index (χ4n) is 2.36. The number of nitriles is 1. The molecule has 0 aliphatic carbocycles. The van der Waals surface area contributed by atoms with Crippen molar-refractivity contribution in [2.45, 2.75) is 32.5 Å². The Labute approximate surface area is 125 Å². The molecule has 0 saturated carbocycles. The third kappa shape index (κ3) is 3.73. The van der Waals surface area contributed by atoms with Crippen LogP contribution in [-0.4, -0.2) is 42.2 Å². The quantitative estimate of drug-likeness (QED) is 0.853. The Morgan fingerprint density at radius 2 is 2.19 bits per heavy atom. The molecule has 21 heavy (non-hydrogen) atoms. The van der Waals surface area contributed by atoms with Crippen LogP contribution in [0.4, 0.5) is 0 Å². The molecular weight excluding hydrogens is 268 g/mol. The number of amides is 1. The predicted octanol–water partition coefficient (Wildman–Crippen LogP) is 1.96. The van der Waals surface area contributed by atoms with Gasteiger partial charge in [0.15, 0.2) is 6.10 Å². The number of para-hydroxylation sites is 1. The Balaban J connectivity index is 2.04. The van der Waals surface area contributed by atoms with Gasteiger partial charge in [0.2, 0.25) is 0 Å². The molecule has 2 rings (SSSR count). The first-order valence-corrected chi connectivity index (χ1v) is 7.01. The summed E-state index contributed by atoms with van der Waals surface area (Å²) in [6.45, 7) is 7.26. The Hall–Kier alpha value is -2.06. The third-order valence-electron chi connectivity index (χ3n) is 3.40. The number of ether oxygens (including phenoxy) is 2. The highest BCUT2D eigenvalue weighted by Gasteiger charge is 2.32. The largest absolute Gasteiger partial charge is 0.480 e. The molecule has 5 heteroatoms. The average molecular weight is 288 g/mol. The van der Waals surface area contributed by atoms with Crippen molar-refractivity contribution in [3.05, 3.63) is 29.8 Å². The van der Waals surface area contributed by atoms with Crippen molar-refractivity contribution < 1.29 is 14.3 Å². The predicted molar refractivity (Wildman–Crippen MR) is 77.9 cm³/mol. The van der Waals surface area contributed by atoms with E-state index in [9.17, 15) is 4.79 Å². The summed E-state index contributed by atoms with van der Waals surface area (Å²) in [5.41, 5.74) is 0.0949.